The molecule has 0 spiro atoms. The molecule has 4 nitrogen and oxygen atoms in total. The van der Waals surface area contributed by atoms with Gasteiger partial charge in [-0.05, 0) is 18.2 Å². The van der Waals surface area contributed by atoms with Gasteiger partial charge in [-0.15, -0.1) is 0 Å². The van der Waals surface area contributed by atoms with E-state index in [0.29, 0.717) is 27.3 Å². The average molecular weight is 434 g/mol. The van der Waals surface area contributed by atoms with Crippen molar-refractivity contribution in [3.8, 4) is 11.4 Å². The Balaban J connectivity index is 2.01. The molecule has 0 aliphatic heterocycles. The second kappa shape index (κ2) is 7.14. The minimum Gasteiger partial charge on any atom is -0.351 e. The van der Waals surface area contributed by atoms with E-state index in [1.54, 1.807) is 31.2 Å². The molecule has 0 amide bonds. The molecule has 1 aromatic carbocycles. The van der Waals surface area contributed by atoms with Crippen molar-refractivity contribution in [3.63, 3.8) is 0 Å². The van der Waals surface area contributed by atoms with Crippen molar-refractivity contribution < 1.29 is 17.4 Å². The van der Waals surface area contributed by atoms with Gasteiger partial charge in [0.05, 0.1) is 43.0 Å². The molecule has 4 aromatic rings. The van der Waals surface area contributed by atoms with E-state index in [0.717, 1.165) is 17.6 Å². The number of aromatic amines is 1. The second-order valence-corrected chi connectivity index (χ2v) is 8.44. The van der Waals surface area contributed by atoms with Gasteiger partial charge in [-0.2, -0.15) is 13.2 Å². The fourth-order valence-corrected chi connectivity index (χ4v) is 4.25. The predicted octanol–water partition coefficient (Wildman–Crippen LogP) is 4.37. The fourth-order valence-electron chi connectivity index (χ4n) is 3.03. The zero-order valence-corrected chi connectivity index (χ0v) is 16.5. The van der Waals surface area contributed by atoms with E-state index in [1.807, 2.05) is 0 Å². The van der Waals surface area contributed by atoms with Crippen molar-refractivity contribution in [2.45, 2.75) is 18.0 Å². The van der Waals surface area contributed by atoms with Gasteiger partial charge in [0.1, 0.15) is 19.1 Å². The Morgan fingerprint density at radius 2 is 2.00 bits per heavy atom. The molecular weight excluding hydrogens is 422 g/mol. The number of nitrogens with one attached hydrogen (secondary N) is 1. The summed E-state index contributed by atoms with van der Waals surface area (Å²) in [6.07, 6.45) is -3.81. The summed E-state index contributed by atoms with van der Waals surface area (Å²) in [5, 5.41) is 0.850. The summed E-state index contributed by atoms with van der Waals surface area (Å²) in [5.41, 5.74) is 0.996. The largest absolute Gasteiger partial charge is 0.417 e. The van der Waals surface area contributed by atoms with Crippen LogP contribution >= 0.6 is 11.6 Å². The number of H-pyrrole nitrogens is 1. The maximum absolute atomic E-state index is 13.0. The van der Waals surface area contributed by atoms with Gasteiger partial charge < -0.3 is 4.98 Å². The van der Waals surface area contributed by atoms with Crippen LogP contribution in [0, 0.1) is 0 Å². The molecule has 0 aliphatic rings. The van der Waals surface area contributed by atoms with Crippen molar-refractivity contribution in [1.82, 2.24) is 15.0 Å². The van der Waals surface area contributed by atoms with Crippen molar-refractivity contribution in [2.75, 3.05) is 5.75 Å². The van der Waals surface area contributed by atoms with E-state index >= 15 is 0 Å². The molecule has 0 aliphatic carbocycles. The first-order valence-electron chi connectivity index (χ1n) is 8.52. The number of hydrogen-bond donors (Lipinski definition) is 1. The van der Waals surface area contributed by atoms with Crippen LogP contribution < -0.4 is 5.46 Å². The number of rotatable bonds is 3. The summed E-state index contributed by atoms with van der Waals surface area (Å²) < 4.78 is 51.7. The topological polar surface area (TPSA) is 58.6 Å². The maximum Gasteiger partial charge on any atom is 0.417 e. The molecule has 0 fully saturated rings. The predicted molar refractivity (Wildman–Crippen MR) is 109 cm³/mol. The van der Waals surface area contributed by atoms with Gasteiger partial charge in [0, 0.05) is 17.3 Å². The number of hydrogen-bond acceptors (Lipinski definition) is 3. The lowest BCUT2D eigenvalue weighted by molar-refractivity contribution is -0.137. The van der Waals surface area contributed by atoms with Crippen LogP contribution in [0.15, 0.2) is 41.4 Å². The Morgan fingerprint density at radius 1 is 1.24 bits per heavy atom. The standard InChI is InChI=1S/C19H12BClF3N3OS/c1-2-29(28)14-5-9-3-4-11(20)7-12(9)26-17(14)18-15(21)16-13(27-18)6-10(8-25-16)19(22,23)24/h3-8,27H,2H2,1H3. The van der Waals surface area contributed by atoms with Gasteiger partial charge in [-0.25, -0.2) is 4.98 Å². The number of nitrogens with zero attached hydrogens (tertiary/aromatic N) is 2. The first kappa shape index (κ1) is 19.9. The van der Waals surface area contributed by atoms with Crippen LogP contribution in [0.1, 0.15) is 12.5 Å². The Kier molecular flexibility index (Phi) is 4.90. The number of pyridine rings is 2. The number of fused-ring (bicyclic) bond motifs is 2. The SMILES string of the molecule is [B]c1ccc2cc(S(=O)CC)c(-c3[nH]c4cc(C(F)(F)F)cnc4c3Cl)nc2c1. The summed E-state index contributed by atoms with van der Waals surface area (Å²) in [7, 11) is 4.45. The Hall–Kier alpha value is -2.39. The van der Waals surface area contributed by atoms with Crippen LogP contribution in [0.3, 0.4) is 0 Å². The zero-order chi connectivity index (χ0) is 20.9. The highest BCUT2D eigenvalue weighted by Crippen LogP contribution is 2.38. The third-order valence-electron chi connectivity index (χ3n) is 4.45. The van der Waals surface area contributed by atoms with Gasteiger partial charge in [-0.1, -0.05) is 36.1 Å². The smallest absolute Gasteiger partial charge is 0.351 e. The Bertz CT molecular complexity index is 1290. The fraction of sp³-hybridized carbons (Fsp3) is 0.158. The highest BCUT2D eigenvalue weighted by atomic mass is 35.5. The number of benzene rings is 1. The summed E-state index contributed by atoms with van der Waals surface area (Å²) in [6, 6.07) is 7.80. The molecule has 1 atom stereocenters. The van der Waals surface area contributed by atoms with E-state index in [1.165, 1.54) is 0 Å². The van der Waals surface area contributed by atoms with Crippen LogP contribution in [0.5, 0.6) is 0 Å². The highest BCUT2D eigenvalue weighted by molar-refractivity contribution is 7.85. The molecule has 0 saturated carbocycles. The molecule has 2 radical (unpaired) electrons. The lowest BCUT2D eigenvalue weighted by Gasteiger charge is -2.10. The summed E-state index contributed by atoms with van der Waals surface area (Å²) in [4.78, 5) is 11.7. The van der Waals surface area contributed by atoms with Crippen LogP contribution in [-0.2, 0) is 17.0 Å². The van der Waals surface area contributed by atoms with Crippen molar-refractivity contribution >= 4 is 57.6 Å². The molecule has 0 saturated heterocycles. The summed E-state index contributed by atoms with van der Waals surface area (Å²) in [5.74, 6) is 0.337. The Morgan fingerprint density at radius 3 is 2.69 bits per heavy atom. The third-order valence-corrected chi connectivity index (χ3v) is 6.15. The van der Waals surface area contributed by atoms with Crippen LogP contribution in [0.25, 0.3) is 33.3 Å². The first-order valence-corrected chi connectivity index (χ1v) is 10.2. The van der Waals surface area contributed by atoms with Crippen molar-refractivity contribution in [1.29, 1.82) is 0 Å². The minimum atomic E-state index is -4.54. The quantitative estimate of drug-likeness (QED) is 0.488. The normalized spacial score (nSPS) is 13.3. The van der Waals surface area contributed by atoms with Crippen LogP contribution in [-0.4, -0.2) is 32.8 Å². The zero-order valence-electron chi connectivity index (χ0n) is 15.0. The molecule has 146 valence electrons. The van der Waals surface area contributed by atoms with Gasteiger partial charge in [0.25, 0.3) is 0 Å². The second-order valence-electron chi connectivity index (χ2n) is 6.35. The van der Waals surface area contributed by atoms with E-state index in [9.17, 15) is 17.4 Å². The van der Waals surface area contributed by atoms with Crippen LogP contribution in [0.2, 0.25) is 5.02 Å². The molecular formula is C19H12BClF3N3OS. The van der Waals surface area contributed by atoms with E-state index in [-0.39, 0.29) is 21.7 Å². The van der Waals surface area contributed by atoms with Gasteiger partial charge in [-0.3, -0.25) is 9.19 Å². The average Bonchev–Trinajstić information content (AvgIpc) is 3.01. The van der Waals surface area contributed by atoms with E-state index in [2.05, 4.69) is 15.0 Å². The molecule has 3 aromatic heterocycles. The monoisotopic (exact) mass is 433 g/mol. The van der Waals surface area contributed by atoms with Crippen molar-refractivity contribution in [2.24, 2.45) is 0 Å². The van der Waals surface area contributed by atoms with Gasteiger partial charge in [0.2, 0.25) is 0 Å². The highest BCUT2D eigenvalue weighted by Gasteiger charge is 2.32. The minimum absolute atomic E-state index is 0.110. The third kappa shape index (κ3) is 3.53. The van der Waals surface area contributed by atoms with Gasteiger partial charge in [0.15, 0.2) is 0 Å². The molecule has 4 rings (SSSR count). The molecule has 10 heteroatoms. The summed E-state index contributed by atoms with van der Waals surface area (Å²) in [6.45, 7) is 1.76. The molecule has 1 N–H and O–H groups in total. The van der Waals surface area contributed by atoms with Crippen LogP contribution in [0.4, 0.5) is 13.2 Å². The van der Waals surface area contributed by atoms with E-state index < -0.39 is 22.5 Å². The molecule has 0 bridgehead atoms. The maximum atomic E-state index is 13.0. The molecule has 1 unspecified atom stereocenters. The Labute approximate surface area is 172 Å². The van der Waals surface area contributed by atoms with Gasteiger partial charge >= 0.3 is 6.18 Å². The molecule has 29 heavy (non-hydrogen) atoms. The molecule has 3 heterocycles. The number of alkyl halides is 3. The summed E-state index contributed by atoms with van der Waals surface area (Å²) >= 11 is 6.42. The van der Waals surface area contributed by atoms with Crippen molar-refractivity contribution in [3.05, 3.63) is 47.1 Å². The lowest BCUT2D eigenvalue weighted by Crippen LogP contribution is -2.05. The number of halogens is 4. The first-order chi connectivity index (χ1) is 13.7. The number of aromatic nitrogens is 3. The lowest BCUT2D eigenvalue weighted by atomic mass is 9.95. The van der Waals surface area contributed by atoms with E-state index in [4.69, 9.17) is 19.4 Å².